The number of benzene rings is 1. The van der Waals surface area contributed by atoms with Crippen LogP contribution in [0.15, 0.2) is 30.6 Å². The smallest absolute Gasteiger partial charge is 0.406 e. The van der Waals surface area contributed by atoms with Crippen molar-refractivity contribution in [1.82, 2.24) is 30.4 Å². The maximum Gasteiger partial charge on any atom is 0.573 e. The lowest BCUT2D eigenvalue weighted by molar-refractivity contribution is -0.274. The molecule has 0 aliphatic carbocycles. The second-order valence-electron chi connectivity index (χ2n) is 6.12. The van der Waals surface area contributed by atoms with E-state index in [9.17, 15) is 18.0 Å². The highest BCUT2D eigenvalue weighted by atomic mass is 19.4. The topological polar surface area (TPSA) is 96.9 Å². The fourth-order valence-corrected chi connectivity index (χ4v) is 3.05. The molecule has 8 nitrogen and oxygen atoms in total. The molecule has 0 saturated heterocycles. The van der Waals surface area contributed by atoms with Crippen molar-refractivity contribution >= 4 is 16.8 Å². The average molecular weight is 380 g/mol. The maximum atomic E-state index is 12.6. The molecule has 142 valence electrons. The molecule has 3 N–H and O–H groups in total. The van der Waals surface area contributed by atoms with E-state index in [1.54, 1.807) is 6.20 Å². The molecule has 1 atom stereocenters. The standard InChI is InChI=1S/C16H15F3N6O2/c17-16(18,19)27-10-1-2-11-12(5-10)23-24-14(11)15(26)22-9-6-20-7-13-21-3-4-25(13)8-9/h1-5,9,20H,6-8H2,(H,22,26)(H,23,24). The van der Waals surface area contributed by atoms with Gasteiger partial charge in [0.1, 0.15) is 11.6 Å². The van der Waals surface area contributed by atoms with E-state index in [-0.39, 0.29) is 23.0 Å². The molecule has 0 spiro atoms. The van der Waals surface area contributed by atoms with Gasteiger partial charge in [0.05, 0.1) is 18.1 Å². The maximum absolute atomic E-state index is 12.6. The number of H-pyrrole nitrogens is 1. The zero-order chi connectivity index (χ0) is 19.0. The van der Waals surface area contributed by atoms with Gasteiger partial charge in [-0.2, -0.15) is 5.10 Å². The van der Waals surface area contributed by atoms with E-state index >= 15 is 0 Å². The number of halogens is 3. The number of carbonyl (C=O) groups is 1. The summed E-state index contributed by atoms with van der Waals surface area (Å²) in [5, 5.41) is 13.0. The van der Waals surface area contributed by atoms with Crippen LogP contribution in [0.4, 0.5) is 13.2 Å². The molecule has 2 aromatic heterocycles. The molecule has 27 heavy (non-hydrogen) atoms. The molecule has 0 radical (unpaired) electrons. The SMILES string of the molecule is O=C(NC1CNCc2nccn2C1)c1n[nH]c2cc(OC(F)(F)F)ccc12. The molecule has 1 unspecified atom stereocenters. The van der Waals surface area contributed by atoms with Gasteiger partial charge in [0.15, 0.2) is 5.69 Å². The van der Waals surface area contributed by atoms with Crippen LogP contribution in [0.3, 0.4) is 0 Å². The number of carbonyl (C=O) groups excluding carboxylic acids is 1. The van der Waals surface area contributed by atoms with E-state index in [4.69, 9.17) is 0 Å². The Balaban J connectivity index is 1.51. The Kier molecular flexibility index (Phi) is 4.22. The Bertz CT molecular complexity index is 980. The van der Waals surface area contributed by atoms with Crippen LogP contribution in [0.25, 0.3) is 10.9 Å². The van der Waals surface area contributed by atoms with Gasteiger partial charge in [0.25, 0.3) is 5.91 Å². The summed E-state index contributed by atoms with van der Waals surface area (Å²) < 4.78 is 42.8. The van der Waals surface area contributed by atoms with E-state index in [0.29, 0.717) is 25.0 Å². The van der Waals surface area contributed by atoms with Gasteiger partial charge in [-0.1, -0.05) is 0 Å². The van der Waals surface area contributed by atoms with Crippen LogP contribution in [-0.4, -0.2) is 44.6 Å². The lowest BCUT2D eigenvalue weighted by Crippen LogP contribution is -2.43. The van der Waals surface area contributed by atoms with Gasteiger partial charge in [0, 0.05) is 36.9 Å². The summed E-state index contributed by atoms with van der Waals surface area (Å²) in [6.45, 7) is 1.72. The first-order valence-electron chi connectivity index (χ1n) is 8.14. The second kappa shape index (κ2) is 6.58. The number of nitrogens with one attached hydrogen (secondary N) is 3. The summed E-state index contributed by atoms with van der Waals surface area (Å²) in [7, 11) is 0. The molecule has 1 aliphatic heterocycles. The normalized spacial score (nSPS) is 17.4. The Morgan fingerprint density at radius 3 is 3.04 bits per heavy atom. The van der Waals surface area contributed by atoms with Crippen molar-refractivity contribution in [3.05, 3.63) is 42.1 Å². The zero-order valence-corrected chi connectivity index (χ0v) is 13.9. The summed E-state index contributed by atoms with van der Waals surface area (Å²) in [4.78, 5) is 16.8. The van der Waals surface area contributed by atoms with Gasteiger partial charge in [-0.3, -0.25) is 9.89 Å². The molecule has 1 aliphatic rings. The Morgan fingerprint density at radius 1 is 1.37 bits per heavy atom. The first-order valence-corrected chi connectivity index (χ1v) is 8.14. The minimum Gasteiger partial charge on any atom is -0.406 e. The van der Waals surface area contributed by atoms with E-state index in [1.807, 2.05) is 10.8 Å². The fraction of sp³-hybridized carbons (Fsp3) is 0.312. The third kappa shape index (κ3) is 3.72. The minimum atomic E-state index is -4.79. The lowest BCUT2D eigenvalue weighted by atomic mass is 10.2. The molecule has 3 aromatic rings. The summed E-state index contributed by atoms with van der Waals surface area (Å²) in [6, 6.07) is 3.48. The van der Waals surface area contributed by atoms with Crippen molar-refractivity contribution in [1.29, 1.82) is 0 Å². The first kappa shape index (κ1) is 17.3. The van der Waals surface area contributed by atoms with E-state index in [1.165, 1.54) is 6.07 Å². The number of nitrogens with zero attached hydrogens (tertiary/aromatic N) is 3. The number of hydrogen-bond donors (Lipinski definition) is 3. The number of rotatable bonds is 3. The van der Waals surface area contributed by atoms with Crippen molar-refractivity contribution in [3.8, 4) is 5.75 Å². The second-order valence-corrected chi connectivity index (χ2v) is 6.12. The van der Waals surface area contributed by atoms with Crippen LogP contribution < -0.4 is 15.4 Å². The summed E-state index contributed by atoms with van der Waals surface area (Å²) in [6.07, 6.45) is -1.25. The highest BCUT2D eigenvalue weighted by molar-refractivity contribution is 6.05. The predicted octanol–water partition coefficient (Wildman–Crippen LogP) is 1.56. The van der Waals surface area contributed by atoms with E-state index in [0.717, 1.165) is 18.0 Å². The summed E-state index contributed by atoms with van der Waals surface area (Å²) in [5.74, 6) is 0.0847. The van der Waals surface area contributed by atoms with Crippen LogP contribution in [0, 0.1) is 0 Å². The number of aromatic nitrogens is 4. The molecule has 4 rings (SSSR count). The van der Waals surface area contributed by atoms with Crippen molar-refractivity contribution in [2.75, 3.05) is 6.54 Å². The van der Waals surface area contributed by atoms with Gasteiger partial charge in [-0.25, -0.2) is 4.98 Å². The Labute approximate surface area is 150 Å². The molecule has 0 saturated carbocycles. The Morgan fingerprint density at radius 2 is 2.22 bits per heavy atom. The van der Waals surface area contributed by atoms with E-state index in [2.05, 4.69) is 30.6 Å². The van der Waals surface area contributed by atoms with Crippen molar-refractivity contribution in [2.24, 2.45) is 0 Å². The van der Waals surface area contributed by atoms with Crippen LogP contribution in [0.1, 0.15) is 16.3 Å². The number of hydrogen-bond acceptors (Lipinski definition) is 5. The van der Waals surface area contributed by atoms with Crippen molar-refractivity contribution in [3.63, 3.8) is 0 Å². The zero-order valence-electron chi connectivity index (χ0n) is 13.9. The number of fused-ring (bicyclic) bond motifs is 2. The van der Waals surface area contributed by atoms with E-state index < -0.39 is 12.3 Å². The molecule has 0 fully saturated rings. The largest absolute Gasteiger partial charge is 0.573 e. The van der Waals surface area contributed by atoms with Gasteiger partial charge in [-0.15, -0.1) is 13.2 Å². The third-order valence-corrected chi connectivity index (χ3v) is 4.21. The molecular weight excluding hydrogens is 365 g/mol. The number of imidazole rings is 1. The number of amides is 1. The minimum absolute atomic E-state index is 0.110. The Hall–Kier alpha value is -3.08. The van der Waals surface area contributed by atoms with Gasteiger partial charge < -0.3 is 19.9 Å². The van der Waals surface area contributed by atoms with Gasteiger partial charge in [-0.05, 0) is 12.1 Å². The third-order valence-electron chi connectivity index (χ3n) is 4.21. The van der Waals surface area contributed by atoms with Crippen LogP contribution in [0.5, 0.6) is 5.75 Å². The number of ether oxygens (including phenoxy) is 1. The van der Waals surface area contributed by atoms with Crippen LogP contribution >= 0.6 is 0 Å². The number of aromatic amines is 1. The number of alkyl halides is 3. The van der Waals surface area contributed by atoms with Crippen LogP contribution in [0.2, 0.25) is 0 Å². The summed E-state index contributed by atoms with van der Waals surface area (Å²) >= 11 is 0. The predicted molar refractivity (Wildman–Crippen MR) is 88.0 cm³/mol. The monoisotopic (exact) mass is 380 g/mol. The lowest BCUT2D eigenvalue weighted by Gasteiger charge is -2.16. The quantitative estimate of drug-likeness (QED) is 0.641. The van der Waals surface area contributed by atoms with Crippen molar-refractivity contribution in [2.45, 2.75) is 25.5 Å². The molecule has 1 aromatic carbocycles. The molecule has 0 bridgehead atoms. The van der Waals surface area contributed by atoms with Gasteiger partial charge >= 0.3 is 6.36 Å². The van der Waals surface area contributed by atoms with Crippen LogP contribution in [-0.2, 0) is 13.1 Å². The van der Waals surface area contributed by atoms with Gasteiger partial charge in [0.2, 0.25) is 0 Å². The molecule has 1 amide bonds. The van der Waals surface area contributed by atoms with Crippen molar-refractivity contribution < 1.29 is 22.7 Å². The highest BCUT2D eigenvalue weighted by Crippen LogP contribution is 2.26. The highest BCUT2D eigenvalue weighted by Gasteiger charge is 2.31. The molecular formula is C16H15F3N6O2. The molecule has 11 heteroatoms. The first-order chi connectivity index (χ1) is 12.9. The summed E-state index contributed by atoms with van der Waals surface area (Å²) in [5.41, 5.74) is 0.386. The average Bonchev–Trinajstić information content (AvgIpc) is 3.15. The molecule has 3 heterocycles. The fourth-order valence-electron chi connectivity index (χ4n) is 3.05.